The Bertz CT molecular complexity index is 549. The average Bonchev–Trinajstić information content (AvgIpc) is 2.48. The summed E-state index contributed by atoms with van der Waals surface area (Å²) < 4.78 is 0. The van der Waals surface area contributed by atoms with Gasteiger partial charge in [-0.15, -0.1) is 0 Å². The minimum Gasteiger partial charge on any atom is -0.381 e. The van der Waals surface area contributed by atoms with Crippen molar-refractivity contribution < 1.29 is 0 Å². The number of benzene rings is 2. The summed E-state index contributed by atoms with van der Waals surface area (Å²) in [5.74, 6) is 0. The van der Waals surface area contributed by atoms with Gasteiger partial charge in [0, 0.05) is 12.2 Å². The molecule has 20 heavy (non-hydrogen) atoms. The zero-order chi connectivity index (χ0) is 14.4. The number of hydrogen-bond acceptors (Lipinski definition) is 1. The van der Waals surface area contributed by atoms with E-state index in [-0.39, 0.29) is 0 Å². The van der Waals surface area contributed by atoms with Gasteiger partial charge < -0.3 is 5.32 Å². The van der Waals surface area contributed by atoms with Crippen LogP contribution in [0.3, 0.4) is 0 Å². The topological polar surface area (TPSA) is 12.0 Å². The Morgan fingerprint density at radius 2 is 1.75 bits per heavy atom. The van der Waals surface area contributed by atoms with Crippen LogP contribution >= 0.6 is 23.2 Å². The monoisotopic (exact) mass is 307 g/mol. The van der Waals surface area contributed by atoms with Crippen LogP contribution in [0.25, 0.3) is 0 Å². The third-order valence-electron chi connectivity index (χ3n) is 3.29. The van der Waals surface area contributed by atoms with Crippen LogP contribution in [0.1, 0.15) is 30.9 Å². The van der Waals surface area contributed by atoms with E-state index in [0.717, 1.165) is 17.7 Å². The first kappa shape index (κ1) is 15.2. The van der Waals surface area contributed by atoms with Gasteiger partial charge in [0.15, 0.2) is 0 Å². The second kappa shape index (κ2) is 7.56. The zero-order valence-electron chi connectivity index (χ0n) is 11.6. The predicted molar refractivity (Wildman–Crippen MR) is 88.8 cm³/mol. The first-order valence-corrected chi connectivity index (χ1v) is 7.72. The highest BCUT2D eigenvalue weighted by Gasteiger charge is 2.03. The molecular weight excluding hydrogens is 289 g/mol. The van der Waals surface area contributed by atoms with Gasteiger partial charge in [-0.1, -0.05) is 60.8 Å². The fourth-order valence-corrected chi connectivity index (χ4v) is 2.44. The molecule has 0 heterocycles. The third-order valence-corrected chi connectivity index (χ3v) is 4.15. The van der Waals surface area contributed by atoms with Crippen LogP contribution in [0, 0.1) is 0 Å². The van der Waals surface area contributed by atoms with Crippen LogP contribution in [-0.4, -0.2) is 0 Å². The van der Waals surface area contributed by atoms with Crippen molar-refractivity contribution >= 4 is 28.9 Å². The van der Waals surface area contributed by atoms with E-state index in [2.05, 4.69) is 36.5 Å². The molecule has 0 aliphatic heterocycles. The standard InChI is InChI=1S/C17H19Cl2N/c1-2-3-5-13-8-10-15(11-9-13)20-12-14-6-4-7-16(18)17(14)19/h4,6-11,20H,2-3,5,12H2,1H3. The number of rotatable bonds is 6. The van der Waals surface area contributed by atoms with Crippen molar-refractivity contribution in [3.8, 4) is 0 Å². The molecule has 0 aromatic heterocycles. The lowest BCUT2D eigenvalue weighted by Crippen LogP contribution is -2.00. The number of anilines is 1. The molecule has 0 spiro atoms. The average molecular weight is 308 g/mol. The normalized spacial score (nSPS) is 10.6. The quantitative estimate of drug-likeness (QED) is 0.695. The second-order valence-corrected chi connectivity index (χ2v) is 5.65. The van der Waals surface area contributed by atoms with Gasteiger partial charge in [-0.2, -0.15) is 0 Å². The molecular formula is C17H19Cl2N. The summed E-state index contributed by atoms with van der Waals surface area (Å²) in [6.07, 6.45) is 3.62. The van der Waals surface area contributed by atoms with Crippen molar-refractivity contribution in [3.63, 3.8) is 0 Å². The number of hydrogen-bond donors (Lipinski definition) is 1. The molecule has 0 fully saturated rings. The second-order valence-electron chi connectivity index (χ2n) is 4.87. The molecule has 0 bridgehead atoms. The van der Waals surface area contributed by atoms with Crippen molar-refractivity contribution in [1.29, 1.82) is 0 Å². The molecule has 0 unspecified atom stereocenters. The molecule has 0 atom stereocenters. The molecule has 0 radical (unpaired) electrons. The van der Waals surface area contributed by atoms with Gasteiger partial charge >= 0.3 is 0 Å². The first-order valence-electron chi connectivity index (χ1n) is 6.96. The molecule has 1 N–H and O–H groups in total. The minimum atomic E-state index is 0.598. The lowest BCUT2D eigenvalue weighted by atomic mass is 10.1. The van der Waals surface area contributed by atoms with Crippen LogP contribution in [0.2, 0.25) is 10.0 Å². The van der Waals surface area contributed by atoms with E-state index >= 15 is 0 Å². The highest BCUT2D eigenvalue weighted by molar-refractivity contribution is 6.42. The van der Waals surface area contributed by atoms with E-state index in [9.17, 15) is 0 Å². The Morgan fingerprint density at radius 3 is 2.45 bits per heavy atom. The summed E-state index contributed by atoms with van der Waals surface area (Å²) in [6.45, 7) is 2.89. The van der Waals surface area contributed by atoms with Gasteiger partial charge in [-0.3, -0.25) is 0 Å². The number of halogens is 2. The number of aryl methyl sites for hydroxylation is 1. The highest BCUT2D eigenvalue weighted by atomic mass is 35.5. The lowest BCUT2D eigenvalue weighted by Gasteiger charge is -2.09. The first-order chi connectivity index (χ1) is 9.70. The lowest BCUT2D eigenvalue weighted by molar-refractivity contribution is 0.795. The minimum absolute atomic E-state index is 0.598. The maximum Gasteiger partial charge on any atom is 0.0642 e. The van der Waals surface area contributed by atoms with Gasteiger partial charge in [-0.05, 0) is 42.2 Å². The molecule has 106 valence electrons. The summed E-state index contributed by atoms with van der Waals surface area (Å²) in [5, 5.41) is 4.59. The summed E-state index contributed by atoms with van der Waals surface area (Å²) in [6, 6.07) is 14.3. The Labute approximate surface area is 130 Å². The number of unbranched alkanes of at least 4 members (excludes halogenated alkanes) is 1. The molecule has 0 aliphatic rings. The molecule has 3 heteroatoms. The van der Waals surface area contributed by atoms with Crippen molar-refractivity contribution in [3.05, 3.63) is 63.6 Å². The van der Waals surface area contributed by atoms with Crippen LogP contribution < -0.4 is 5.32 Å². The third kappa shape index (κ3) is 4.16. The van der Waals surface area contributed by atoms with Crippen molar-refractivity contribution in [1.82, 2.24) is 0 Å². The van der Waals surface area contributed by atoms with Crippen LogP contribution in [0.4, 0.5) is 5.69 Å². The Kier molecular flexibility index (Phi) is 5.75. The molecule has 1 nitrogen and oxygen atoms in total. The van der Waals surface area contributed by atoms with Gasteiger partial charge in [0.05, 0.1) is 10.0 Å². The Balaban J connectivity index is 1.95. The van der Waals surface area contributed by atoms with Crippen molar-refractivity contribution in [2.45, 2.75) is 32.7 Å². The van der Waals surface area contributed by atoms with E-state index in [0.29, 0.717) is 16.6 Å². The van der Waals surface area contributed by atoms with E-state index in [1.807, 2.05) is 12.1 Å². The molecule has 2 aromatic rings. The van der Waals surface area contributed by atoms with E-state index in [4.69, 9.17) is 23.2 Å². The largest absolute Gasteiger partial charge is 0.381 e. The highest BCUT2D eigenvalue weighted by Crippen LogP contribution is 2.26. The molecule has 0 aliphatic carbocycles. The van der Waals surface area contributed by atoms with E-state index in [1.54, 1.807) is 6.07 Å². The summed E-state index contributed by atoms with van der Waals surface area (Å²) >= 11 is 12.2. The number of nitrogens with one attached hydrogen (secondary N) is 1. The van der Waals surface area contributed by atoms with Gasteiger partial charge in [0.25, 0.3) is 0 Å². The molecule has 2 aromatic carbocycles. The van der Waals surface area contributed by atoms with Crippen LogP contribution in [0.15, 0.2) is 42.5 Å². The molecule has 2 rings (SSSR count). The smallest absolute Gasteiger partial charge is 0.0642 e. The molecule has 0 saturated heterocycles. The fraction of sp³-hybridized carbons (Fsp3) is 0.294. The zero-order valence-corrected chi connectivity index (χ0v) is 13.1. The van der Waals surface area contributed by atoms with E-state index in [1.165, 1.54) is 18.4 Å². The Morgan fingerprint density at radius 1 is 1.00 bits per heavy atom. The summed E-state index contributed by atoms with van der Waals surface area (Å²) in [5.41, 5.74) is 3.49. The maximum atomic E-state index is 6.17. The Hall–Kier alpha value is -1.18. The van der Waals surface area contributed by atoms with E-state index < -0.39 is 0 Å². The fourth-order valence-electron chi connectivity index (χ4n) is 2.05. The van der Waals surface area contributed by atoms with Gasteiger partial charge in [0.2, 0.25) is 0 Å². The predicted octanol–water partition coefficient (Wildman–Crippen LogP) is 5.95. The van der Waals surface area contributed by atoms with Crippen molar-refractivity contribution in [2.24, 2.45) is 0 Å². The van der Waals surface area contributed by atoms with Crippen LogP contribution in [-0.2, 0) is 13.0 Å². The van der Waals surface area contributed by atoms with Crippen LogP contribution in [0.5, 0.6) is 0 Å². The summed E-state index contributed by atoms with van der Waals surface area (Å²) in [4.78, 5) is 0. The SMILES string of the molecule is CCCCc1ccc(NCc2cccc(Cl)c2Cl)cc1. The van der Waals surface area contributed by atoms with Gasteiger partial charge in [-0.25, -0.2) is 0 Å². The molecule has 0 saturated carbocycles. The maximum absolute atomic E-state index is 6.17. The van der Waals surface area contributed by atoms with Crippen molar-refractivity contribution in [2.75, 3.05) is 5.32 Å². The molecule has 0 amide bonds. The summed E-state index contributed by atoms with van der Waals surface area (Å²) in [7, 11) is 0. The van der Waals surface area contributed by atoms with Gasteiger partial charge in [0.1, 0.15) is 0 Å².